The van der Waals surface area contributed by atoms with E-state index in [1.807, 2.05) is 0 Å². The van der Waals surface area contributed by atoms with Crippen molar-refractivity contribution >= 4 is 5.91 Å². The number of nitrogens with two attached hydrogens (primary N) is 1. The Balaban J connectivity index is 2.01. The number of likely N-dealkylation sites (tertiary alicyclic amines) is 1. The average Bonchev–Trinajstić information content (AvgIpc) is 2.38. The number of nitrogens with zero attached hydrogens (tertiary/aromatic N) is 1. The predicted molar refractivity (Wildman–Crippen MR) is 75.3 cm³/mol. The standard InChI is InChI=1S/C14H29N3O/c1-12(10-15)11-16-14(18)5-3-4-13-6-8-17(2)9-7-13/h12-13H,3-11,15H2,1-2H3,(H,16,18). The van der Waals surface area contributed by atoms with Crippen LogP contribution < -0.4 is 11.1 Å². The molecule has 1 unspecified atom stereocenters. The monoisotopic (exact) mass is 255 g/mol. The van der Waals surface area contributed by atoms with Crippen LogP contribution in [0.25, 0.3) is 0 Å². The van der Waals surface area contributed by atoms with Crippen LogP contribution in [0.3, 0.4) is 0 Å². The third-order valence-electron chi connectivity index (χ3n) is 3.90. The first-order chi connectivity index (χ1) is 8.61. The Morgan fingerprint density at radius 3 is 2.72 bits per heavy atom. The van der Waals surface area contributed by atoms with E-state index in [9.17, 15) is 4.79 Å². The second kappa shape index (κ2) is 8.48. The van der Waals surface area contributed by atoms with Gasteiger partial charge >= 0.3 is 0 Å². The minimum atomic E-state index is 0.184. The molecular weight excluding hydrogens is 226 g/mol. The first-order valence-electron chi connectivity index (χ1n) is 7.27. The summed E-state index contributed by atoms with van der Waals surface area (Å²) >= 11 is 0. The molecule has 4 heteroatoms. The zero-order valence-electron chi connectivity index (χ0n) is 12.0. The van der Waals surface area contributed by atoms with Gasteiger partial charge in [0.25, 0.3) is 0 Å². The van der Waals surface area contributed by atoms with Crippen molar-refractivity contribution in [3.05, 3.63) is 0 Å². The average molecular weight is 255 g/mol. The molecule has 18 heavy (non-hydrogen) atoms. The molecule has 1 saturated heterocycles. The van der Waals surface area contributed by atoms with Gasteiger partial charge in [-0.3, -0.25) is 4.79 Å². The number of rotatable bonds is 7. The number of carbonyl (C=O) groups excluding carboxylic acids is 1. The van der Waals surface area contributed by atoms with Crippen molar-refractivity contribution in [2.24, 2.45) is 17.6 Å². The topological polar surface area (TPSA) is 58.4 Å². The molecule has 0 bridgehead atoms. The zero-order valence-corrected chi connectivity index (χ0v) is 12.0. The van der Waals surface area contributed by atoms with Crippen LogP contribution in [-0.2, 0) is 4.79 Å². The summed E-state index contributed by atoms with van der Waals surface area (Å²) in [6, 6.07) is 0. The van der Waals surface area contributed by atoms with Gasteiger partial charge in [-0.05, 0) is 64.2 Å². The Morgan fingerprint density at radius 1 is 1.44 bits per heavy atom. The fourth-order valence-corrected chi connectivity index (χ4v) is 2.36. The van der Waals surface area contributed by atoms with Gasteiger partial charge in [0.1, 0.15) is 0 Å². The number of carbonyl (C=O) groups is 1. The molecule has 1 aliphatic heterocycles. The molecule has 1 fully saturated rings. The van der Waals surface area contributed by atoms with Crippen molar-refractivity contribution < 1.29 is 4.79 Å². The van der Waals surface area contributed by atoms with E-state index in [0.29, 0.717) is 25.4 Å². The van der Waals surface area contributed by atoms with Gasteiger partial charge in [-0.25, -0.2) is 0 Å². The highest BCUT2D eigenvalue weighted by molar-refractivity contribution is 5.75. The maximum Gasteiger partial charge on any atom is 0.220 e. The summed E-state index contributed by atoms with van der Waals surface area (Å²) in [5.41, 5.74) is 5.51. The van der Waals surface area contributed by atoms with Crippen molar-refractivity contribution in [1.29, 1.82) is 0 Å². The minimum absolute atomic E-state index is 0.184. The maximum absolute atomic E-state index is 11.6. The van der Waals surface area contributed by atoms with Crippen LogP contribution in [0.1, 0.15) is 39.0 Å². The van der Waals surface area contributed by atoms with E-state index in [0.717, 1.165) is 12.3 Å². The minimum Gasteiger partial charge on any atom is -0.356 e. The van der Waals surface area contributed by atoms with Gasteiger partial charge in [0.15, 0.2) is 0 Å². The number of hydrogen-bond acceptors (Lipinski definition) is 3. The SMILES string of the molecule is CC(CN)CNC(=O)CCCC1CCN(C)CC1. The summed E-state index contributed by atoms with van der Waals surface area (Å²) in [7, 11) is 2.18. The van der Waals surface area contributed by atoms with Gasteiger partial charge in [-0.15, -0.1) is 0 Å². The van der Waals surface area contributed by atoms with Crippen molar-refractivity contribution in [3.63, 3.8) is 0 Å². The predicted octanol–water partition coefficient (Wildman–Crippen LogP) is 1.21. The van der Waals surface area contributed by atoms with Crippen LogP contribution in [0, 0.1) is 11.8 Å². The van der Waals surface area contributed by atoms with Crippen molar-refractivity contribution in [1.82, 2.24) is 10.2 Å². The number of hydrogen-bond donors (Lipinski definition) is 2. The molecular formula is C14H29N3O. The Kier molecular flexibility index (Phi) is 7.28. The Hall–Kier alpha value is -0.610. The summed E-state index contributed by atoms with van der Waals surface area (Å²) in [4.78, 5) is 14.0. The molecule has 106 valence electrons. The summed E-state index contributed by atoms with van der Waals surface area (Å²) in [5, 5.41) is 2.95. The molecule has 3 N–H and O–H groups in total. The fraction of sp³-hybridized carbons (Fsp3) is 0.929. The molecule has 1 aliphatic rings. The highest BCUT2D eigenvalue weighted by Crippen LogP contribution is 2.21. The molecule has 1 heterocycles. The van der Waals surface area contributed by atoms with E-state index in [1.165, 1.54) is 32.4 Å². The van der Waals surface area contributed by atoms with Gasteiger partial charge in [0.05, 0.1) is 0 Å². The lowest BCUT2D eigenvalue weighted by molar-refractivity contribution is -0.121. The van der Waals surface area contributed by atoms with Gasteiger partial charge in [0.2, 0.25) is 5.91 Å². The fourth-order valence-electron chi connectivity index (χ4n) is 2.36. The summed E-state index contributed by atoms with van der Waals surface area (Å²) in [6.07, 6.45) is 5.49. The Labute approximate surface area is 111 Å². The lowest BCUT2D eigenvalue weighted by Gasteiger charge is -2.28. The van der Waals surface area contributed by atoms with Crippen LogP contribution in [-0.4, -0.2) is 44.0 Å². The number of piperidine rings is 1. The lowest BCUT2D eigenvalue weighted by atomic mass is 9.92. The summed E-state index contributed by atoms with van der Waals surface area (Å²) < 4.78 is 0. The van der Waals surface area contributed by atoms with Crippen molar-refractivity contribution in [2.75, 3.05) is 33.2 Å². The van der Waals surface area contributed by atoms with Gasteiger partial charge in [0, 0.05) is 13.0 Å². The van der Waals surface area contributed by atoms with E-state index >= 15 is 0 Å². The Morgan fingerprint density at radius 2 is 2.11 bits per heavy atom. The van der Waals surface area contributed by atoms with Crippen molar-refractivity contribution in [2.45, 2.75) is 39.0 Å². The quantitative estimate of drug-likeness (QED) is 0.719. The van der Waals surface area contributed by atoms with E-state index in [2.05, 4.69) is 24.2 Å². The normalized spacial score (nSPS) is 19.7. The molecule has 1 amide bonds. The molecule has 0 aliphatic carbocycles. The molecule has 0 spiro atoms. The van der Waals surface area contributed by atoms with Crippen molar-refractivity contribution in [3.8, 4) is 0 Å². The van der Waals surface area contributed by atoms with Crippen LogP contribution >= 0.6 is 0 Å². The first kappa shape index (κ1) is 15.4. The molecule has 0 saturated carbocycles. The third-order valence-corrected chi connectivity index (χ3v) is 3.90. The van der Waals surface area contributed by atoms with E-state index in [4.69, 9.17) is 5.73 Å². The molecule has 0 aromatic heterocycles. The molecule has 1 atom stereocenters. The number of amides is 1. The number of nitrogens with one attached hydrogen (secondary N) is 1. The van der Waals surface area contributed by atoms with E-state index < -0.39 is 0 Å². The van der Waals surface area contributed by atoms with Crippen LogP contribution in [0.5, 0.6) is 0 Å². The molecule has 4 nitrogen and oxygen atoms in total. The Bertz CT molecular complexity index is 237. The molecule has 1 rings (SSSR count). The van der Waals surface area contributed by atoms with Crippen LogP contribution in [0.2, 0.25) is 0 Å². The van der Waals surface area contributed by atoms with E-state index in [-0.39, 0.29) is 5.91 Å². The molecule has 0 radical (unpaired) electrons. The maximum atomic E-state index is 11.6. The van der Waals surface area contributed by atoms with Crippen LogP contribution in [0.4, 0.5) is 0 Å². The summed E-state index contributed by atoms with van der Waals surface area (Å²) in [5.74, 6) is 1.39. The highest BCUT2D eigenvalue weighted by atomic mass is 16.1. The zero-order chi connectivity index (χ0) is 13.4. The molecule has 0 aromatic carbocycles. The third kappa shape index (κ3) is 6.36. The smallest absolute Gasteiger partial charge is 0.220 e. The highest BCUT2D eigenvalue weighted by Gasteiger charge is 2.16. The first-order valence-corrected chi connectivity index (χ1v) is 7.27. The molecule has 0 aromatic rings. The van der Waals surface area contributed by atoms with Crippen LogP contribution in [0.15, 0.2) is 0 Å². The van der Waals surface area contributed by atoms with Gasteiger partial charge < -0.3 is 16.0 Å². The van der Waals surface area contributed by atoms with Gasteiger partial charge in [-0.1, -0.05) is 6.92 Å². The van der Waals surface area contributed by atoms with Gasteiger partial charge in [-0.2, -0.15) is 0 Å². The lowest BCUT2D eigenvalue weighted by Crippen LogP contribution is -2.32. The second-order valence-electron chi connectivity index (χ2n) is 5.78. The van der Waals surface area contributed by atoms with E-state index in [1.54, 1.807) is 0 Å². The second-order valence-corrected chi connectivity index (χ2v) is 5.78. The summed E-state index contributed by atoms with van der Waals surface area (Å²) in [6.45, 7) is 5.83. The largest absolute Gasteiger partial charge is 0.356 e.